The van der Waals surface area contributed by atoms with E-state index in [9.17, 15) is 9.90 Å². The first kappa shape index (κ1) is 17.5. The highest BCUT2D eigenvalue weighted by Gasteiger charge is 2.36. The van der Waals surface area contributed by atoms with Gasteiger partial charge in [-0.1, -0.05) is 12.1 Å². The predicted molar refractivity (Wildman–Crippen MR) is 94.4 cm³/mol. The molecule has 1 atom stereocenters. The monoisotopic (exact) mass is 340 g/mol. The van der Waals surface area contributed by atoms with E-state index in [4.69, 9.17) is 0 Å². The number of carbonyl (C=O) groups excluding carboxylic acids is 1. The van der Waals surface area contributed by atoms with Gasteiger partial charge in [-0.05, 0) is 49.6 Å². The van der Waals surface area contributed by atoms with Crippen LogP contribution in [-0.4, -0.2) is 45.6 Å². The zero-order chi connectivity index (χ0) is 17.6. The first-order chi connectivity index (χ1) is 12.1. The Balaban J connectivity index is 1.58. The fourth-order valence-corrected chi connectivity index (χ4v) is 3.22. The number of likely N-dealkylation sites (N-methyl/N-ethyl adjacent to an activating group) is 1. The Bertz CT molecular complexity index is 674. The second-order valence-corrected chi connectivity index (χ2v) is 6.72. The van der Waals surface area contributed by atoms with Crippen LogP contribution in [-0.2, 0) is 11.3 Å². The van der Waals surface area contributed by atoms with Gasteiger partial charge in [0.2, 0.25) is 5.91 Å². The maximum absolute atomic E-state index is 12.5. The van der Waals surface area contributed by atoms with E-state index in [1.807, 2.05) is 42.3 Å². The van der Waals surface area contributed by atoms with E-state index >= 15 is 0 Å². The lowest BCUT2D eigenvalue weighted by molar-refractivity contribution is -0.124. The molecule has 0 bridgehead atoms. The molecule has 0 saturated heterocycles. The summed E-state index contributed by atoms with van der Waals surface area (Å²) in [7, 11) is 1.91. The van der Waals surface area contributed by atoms with Gasteiger partial charge >= 0.3 is 0 Å². The van der Waals surface area contributed by atoms with Gasteiger partial charge in [-0.15, -0.1) is 0 Å². The van der Waals surface area contributed by atoms with Gasteiger partial charge in [0, 0.05) is 25.1 Å². The minimum Gasteiger partial charge on any atom is -0.393 e. The Hall–Kier alpha value is -2.31. The van der Waals surface area contributed by atoms with Crippen LogP contribution in [0.15, 0.2) is 48.9 Å². The molecule has 0 aliphatic heterocycles. The van der Waals surface area contributed by atoms with Crippen molar-refractivity contribution in [1.29, 1.82) is 0 Å². The molecule has 6 heteroatoms. The molecular formula is C19H24N4O2. The number of nitrogens with one attached hydrogen (secondary N) is 1. The smallest absolute Gasteiger partial charge is 0.234 e. The summed E-state index contributed by atoms with van der Waals surface area (Å²) in [4.78, 5) is 22.9. The Kier molecular flexibility index (Phi) is 5.73. The SMILES string of the molecule is CN(CC(=O)N[C@@H](c1ccccn1)C1CC(O)C1)Cc1cccnc1. The maximum Gasteiger partial charge on any atom is 0.234 e. The zero-order valence-corrected chi connectivity index (χ0v) is 14.4. The van der Waals surface area contributed by atoms with E-state index in [0.29, 0.717) is 25.9 Å². The second kappa shape index (κ2) is 8.18. The van der Waals surface area contributed by atoms with Crippen molar-refractivity contribution in [2.45, 2.75) is 31.5 Å². The molecule has 1 aliphatic carbocycles. The van der Waals surface area contributed by atoms with Crippen molar-refractivity contribution in [3.05, 3.63) is 60.2 Å². The number of pyridine rings is 2. The van der Waals surface area contributed by atoms with Crippen molar-refractivity contribution < 1.29 is 9.90 Å². The van der Waals surface area contributed by atoms with Crippen molar-refractivity contribution in [3.8, 4) is 0 Å². The van der Waals surface area contributed by atoms with Crippen LogP contribution >= 0.6 is 0 Å². The van der Waals surface area contributed by atoms with Crippen LogP contribution in [0.5, 0.6) is 0 Å². The molecule has 2 aromatic rings. The van der Waals surface area contributed by atoms with Gasteiger partial charge in [0.05, 0.1) is 24.4 Å². The third-order valence-corrected chi connectivity index (χ3v) is 4.53. The van der Waals surface area contributed by atoms with E-state index in [1.54, 1.807) is 18.6 Å². The molecular weight excluding hydrogens is 316 g/mol. The molecule has 25 heavy (non-hydrogen) atoms. The molecule has 0 aromatic carbocycles. The summed E-state index contributed by atoms with van der Waals surface area (Å²) in [6.07, 6.45) is 6.42. The lowest BCUT2D eigenvalue weighted by Gasteiger charge is -2.38. The maximum atomic E-state index is 12.5. The lowest BCUT2D eigenvalue weighted by atomic mass is 9.76. The summed E-state index contributed by atoms with van der Waals surface area (Å²) in [5.41, 5.74) is 1.92. The van der Waals surface area contributed by atoms with Gasteiger partial charge in [-0.3, -0.25) is 19.7 Å². The molecule has 0 radical (unpaired) electrons. The number of nitrogens with zero attached hydrogens (tertiary/aromatic N) is 3. The van der Waals surface area contributed by atoms with Gasteiger partial charge in [0.25, 0.3) is 0 Å². The molecule has 132 valence electrons. The van der Waals surface area contributed by atoms with Crippen LogP contribution in [0.4, 0.5) is 0 Å². The second-order valence-electron chi connectivity index (χ2n) is 6.72. The van der Waals surface area contributed by atoms with Gasteiger partial charge in [-0.25, -0.2) is 0 Å². The van der Waals surface area contributed by atoms with Crippen molar-refractivity contribution in [2.75, 3.05) is 13.6 Å². The topological polar surface area (TPSA) is 78.4 Å². The predicted octanol–water partition coefficient (Wildman–Crippen LogP) is 1.54. The van der Waals surface area contributed by atoms with Gasteiger partial charge in [-0.2, -0.15) is 0 Å². The highest BCUT2D eigenvalue weighted by atomic mass is 16.3. The number of hydrogen-bond acceptors (Lipinski definition) is 5. The number of aliphatic hydroxyl groups excluding tert-OH is 1. The Morgan fingerprint density at radius 2 is 2.16 bits per heavy atom. The molecule has 6 nitrogen and oxygen atoms in total. The largest absolute Gasteiger partial charge is 0.393 e. The van der Waals surface area contributed by atoms with Crippen LogP contribution in [0.3, 0.4) is 0 Å². The molecule has 2 aromatic heterocycles. The third-order valence-electron chi connectivity index (χ3n) is 4.53. The van der Waals surface area contributed by atoms with Crippen molar-refractivity contribution in [2.24, 2.45) is 5.92 Å². The van der Waals surface area contributed by atoms with Crippen molar-refractivity contribution in [1.82, 2.24) is 20.2 Å². The van der Waals surface area contributed by atoms with Gasteiger partial charge in [0.1, 0.15) is 0 Å². The average molecular weight is 340 g/mol. The summed E-state index contributed by atoms with van der Waals surface area (Å²) in [6, 6.07) is 9.44. The van der Waals surface area contributed by atoms with E-state index in [1.165, 1.54) is 0 Å². The number of aliphatic hydroxyl groups is 1. The molecule has 1 aliphatic rings. The number of aromatic nitrogens is 2. The first-order valence-electron chi connectivity index (χ1n) is 8.57. The molecule has 0 unspecified atom stereocenters. The summed E-state index contributed by atoms with van der Waals surface area (Å²) in [5, 5.41) is 12.7. The first-order valence-corrected chi connectivity index (χ1v) is 8.57. The molecule has 0 spiro atoms. The summed E-state index contributed by atoms with van der Waals surface area (Å²) < 4.78 is 0. The Labute approximate surface area is 147 Å². The highest BCUT2D eigenvalue weighted by Crippen LogP contribution is 2.37. The van der Waals surface area contributed by atoms with E-state index < -0.39 is 0 Å². The van der Waals surface area contributed by atoms with E-state index in [0.717, 1.165) is 11.3 Å². The minimum atomic E-state index is -0.263. The fraction of sp³-hybridized carbons (Fsp3) is 0.421. The van der Waals surface area contributed by atoms with E-state index in [-0.39, 0.29) is 24.0 Å². The van der Waals surface area contributed by atoms with Crippen LogP contribution in [0.2, 0.25) is 0 Å². The van der Waals surface area contributed by atoms with Gasteiger partial charge in [0.15, 0.2) is 0 Å². The molecule has 3 rings (SSSR count). The normalized spacial score (nSPS) is 20.8. The van der Waals surface area contributed by atoms with Crippen LogP contribution in [0, 0.1) is 5.92 Å². The molecule has 2 heterocycles. The molecule has 2 N–H and O–H groups in total. The Morgan fingerprint density at radius 1 is 1.32 bits per heavy atom. The molecule has 1 fully saturated rings. The summed E-state index contributed by atoms with van der Waals surface area (Å²) in [6.45, 7) is 0.963. The van der Waals surface area contributed by atoms with Crippen LogP contribution < -0.4 is 5.32 Å². The number of hydrogen-bond donors (Lipinski definition) is 2. The summed E-state index contributed by atoms with van der Waals surface area (Å²) in [5.74, 6) is 0.195. The van der Waals surface area contributed by atoms with Crippen LogP contribution in [0.25, 0.3) is 0 Å². The number of amides is 1. The average Bonchev–Trinajstić information content (AvgIpc) is 2.59. The quantitative estimate of drug-likeness (QED) is 0.799. The minimum absolute atomic E-state index is 0.0385. The lowest BCUT2D eigenvalue weighted by Crippen LogP contribution is -2.44. The number of rotatable bonds is 7. The molecule has 1 saturated carbocycles. The van der Waals surface area contributed by atoms with Crippen LogP contribution in [0.1, 0.15) is 30.1 Å². The zero-order valence-electron chi connectivity index (χ0n) is 14.4. The Morgan fingerprint density at radius 3 is 2.80 bits per heavy atom. The highest BCUT2D eigenvalue weighted by molar-refractivity contribution is 5.78. The fourth-order valence-electron chi connectivity index (χ4n) is 3.22. The van der Waals surface area contributed by atoms with Gasteiger partial charge < -0.3 is 10.4 Å². The summed E-state index contributed by atoms with van der Waals surface area (Å²) >= 11 is 0. The molecule has 1 amide bonds. The van der Waals surface area contributed by atoms with Crippen molar-refractivity contribution >= 4 is 5.91 Å². The third kappa shape index (κ3) is 4.84. The van der Waals surface area contributed by atoms with E-state index in [2.05, 4.69) is 15.3 Å². The van der Waals surface area contributed by atoms with Crippen molar-refractivity contribution in [3.63, 3.8) is 0 Å². The number of carbonyl (C=O) groups is 1. The standard InChI is InChI=1S/C19H24N4O2/c1-23(12-14-5-4-7-20-11-14)13-18(25)22-19(15-9-16(24)10-15)17-6-2-3-8-21-17/h2-8,11,15-16,19,24H,9-10,12-13H2,1H3,(H,22,25)/t15?,16?,19-/m1/s1.